The first-order valence-corrected chi connectivity index (χ1v) is 10.0. The van der Waals surface area contributed by atoms with Crippen LogP contribution in [0.15, 0.2) is 41.0 Å². The van der Waals surface area contributed by atoms with Crippen molar-refractivity contribution in [3.05, 3.63) is 48.2 Å². The number of hydrogen-bond acceptors (Lipinski definition) is 3. The Morgan fingerprint density at radius 3 is 2.54 bits per heavy atom. The summed E-state index contributed by atoms with van der Waals surface area (Å²) < 4.78 is 18.7. The molecule has 0 unspecified atom stereocenters. The predicted molar refractivity (Wildman–Crippen MR) is 103 cm³/mol. The van der Waals surface area contributed by atoms with Gasteiger partial charge in [0.15, 0.2) is 5.76 Å². The van der Waals surface area contributed by atoms with Gasteiger partial charge in [-0.3, -0.25) is 9.59 Å². The summed E-state index contributed by atoms with van der Waals surface area (Å²) in [6.07, 6.45) is 6.04. The zero-order valence-electron chi connectivity index (χ0n) is 15.9. The van der Waals surface area contributed by atoms with Crippen LogP contribution in [0.4, 0.5) is 4.39 Å². The zero-order valence-corrected chi connectivity index (χ0v) is 15.9. The zero-order chi connectivity index (χ0) is 19.5. The van der Waals surface area contributed by atoms with Crippen LogP contribution in [0.1, 0.15) is 42.7 Å². The minimum Gasteiger partial charge on any atom is -0.459 e. The molecular formula is C22H25FN2O3. The van der Waals surface area contributed by atoms with Crippen molar-refractivity contribution in [3.63, 3.8) is 0 Å². The lowest BCUT2D eigenvalue weighted by atomic mass is 9.94. The summed E-state index contributed by atoms with van der Waals surface area (Å²) in [6.45, 7) is 3.00. The number of piperidine rings is 2. The Morgan fingerprint density at radius 2 is 1.82 bits per heavy atom. The van der Waals surface area contributed by atoms with Gasteiger partial charge >= 0.3 is 0 Å². The van der Waals surface area contributed by atoms with E-state index in [0.717, 1.165) is 44.3 Å². The molecule has 148 valence electrons. The maximum Gasteiger partial charge on any atom is 0.290 e. The monoisotopic (exact) mass is 384 g/mol. The van der Waals surface area contributed by atoms with Gasteiger partial charge in [-0.2, -0.15) is 0 Å². The maximum atomic E-state index is 13.2. The number of nitrogens with zero attached hydrogens (tertiary/aromatic N) is 2. The average molecular weight is 384 g/mol. The molecule has 0 radical (unpaired) electrons. The summed E-state index contributed by atoms with van der Waals surface area (Å²) in [5.74, 6) is 0.575. The quantitative estimate of drug-likeness (QED) is 0.802. The molecule has 0 atom stereocenters. The number of halogens is 1. The molecule has 0 spiro atoms. The van der Waals surface area contributed by atoms with E-state index in [1.807, 2.05) is 9.80 Å². The fourth-order valence-corrected chi connectivity index (χ4v) is 4.16. The van der Waals surface area contributed by atoms with Gasteiger partial charge in [-0.25, -0.2) is 4.39 Å². The van der Waals surface area contributed by atoms with Gasteiger partial charge in [-0.15, -0.1) is 0 Å². The molecule has 2 aliphatic heterocycles. The van der Waals surface area contributed by atoms with E-state index in [-0.39, 0.29) is 17.6 Å². The molecule has 2 aliphatic rings. The van der Waals surface area contributed by atoms with E-state index in [9.17, 15) is 14.0 Å². The minimum atomic E-state index is -0.311. The highest BCUT2D eigenvalue weighted by atomic mass is 19.1. The summed E-state index contributed by atoms with van der Waals surface area (Å²) >= 11 is 0. The molecular weight excluding hydrogens is 359 g/mol. The Hall–Kier alpha value is -2.63. The van der Waals surface area contributed by atoms with E-state index in [1.54, 1.807) is 18.2 Å². The lowest BCUT2D eigenvalue weighted by molar-refractivity contribution is -0.134. The molecule has 2 fully saturated rings. The number of benzene rings is 1. The molecule has 5 nitrogen and oxygen atoms in total. The third kappa shape index (κ3) is 3.96. The molecule has 0 N–H and O–H groups in total. The third-order valence-corrected chi connectivity index (χ3v) is 5.82. The summed E-state index contributed by atoms with van der Waals surface area (Å²) in [7, 11) is 0. The van der Waals surface area contributed by atoms with Crippen molar-refractivity contribution in [2.24, 2.45) is 5.92 Å². The van der Waals surface area contributed by atoms with E-state index < -0.39 is 0 Å². The maximum absolute atomic E-state index is 13.2. The van der Waals surface area contributed by atoms with Gasteiger partial charge in [0.05, 0.1) is 6.26 Å². The molecule has 3 heterocycles. The van der Waals surface area contributed by atoms with Crippen LogP contribution >= 0.6 is 0 Å². The summed E-state index contributed by atoms with van der Waals surface area (Å²) in [5.41, 5.74) is 1.45. The Kier molecular flexibility index (Phi) is 5.46. The van der Waals surface area contributed by atoms with E-state index >= 15 is 0 Å². The lowest BCUT2D eigenvalue weighted by Gasteiger charge is -2.36. The SMILES string of the molecule is O=C1CCCCN1CC1CCN(C(=O)c2occc2-c2ccc(F)cc2)CC1. The van der Waals surface area contributed by atoms with Crippen molar-refractivity contribution in [3.8, 4) is 11.1 Å². The van der Waals surface area contributed by atoms with Crippen LogP contribution in [0, 0.1) is 11.7 Å². The molecule has 2 aromatic rings. The lowest BCUT2D eigenvalue weighted by Crippen LogP contribution is -2.44. The number of hydrogen-bond donors (Lipinski definition) is 0. The first kappa shape index (κ1) is 18.7. The second-order valence-corrected chi connectivity index (χ2v) is 7.70. The number of amides is 2. The number of carbonyl (C=O) groups excluding carboxylic acids is 2. The molecule has 2 amide bonds. The van der Waals surface area contributed by atoms with E-state index in [4.69, 9.17) is 4.42 Å². The highest BCUT2D eigenvalue weighted by Gasteiger charge is 2.29. The van der Waals surface area contributed by atoms with Gasteiger partial charge in [0.2, 0.25) is 5.91 Å². The van der Waals surface area contributed by atoms with Gasteiger partial charge in [-0.1, -0.05) is 12.1 Å². The fraction of sp³-hybridized carbons (Fsp3) is 0.455. The molecule has 0 saturated carbocycles. The molecule has 4 rings (SSSR count). The van der Waals surface area contributed by atoms with Crippen molar-refractivity contribution >= 4 is 11.8 Å². The molecule has 1 aromatic heterocycles. The van der Waals surface area contributed by atoms with E-state index in [0.29, 0.717) is 36.8 Å². The van der Waals surface area contributed by atoms with Crippen molar-refractivity contribution in [1.29, 1.82) is 0 Å². The van der Waals surface area contributed by atoms with Crippen molar-refractivity contribution in [2.75, 3.05) is 26.2 Å². The van der Waals surface area contributed by atoms with Crippen molar-refractivity contribution in [2.45, 2.75) is 32.1 Å². The van der Waals surface area contributed by atoms with Crippen LogP contribution in [-0.2, 0) is 4.79 Å². The number of rotatable bonds is 4. The molecule has 6 heteroatoms. The highest BCUT2D eigenvalue weighted by molar-refractivity contribution is 5.98. The largest absolute Gasteiger partial charge is 0.459 e. The average Bonchev–Trinajstić information content (AvgIpc) is 3.20. The van der Waals surface area contributed by atoms with Gasteiger partial charge in [0.25, 0.3) is 5.91 Å². The first-order valence-electron chi connectivity index (χ1n) is 10.0. The van der Waals surface area contributed by atoms with Gasteiger partial charge in [-0.05, 0) is 55.4 Å². The number of likely N-dealkylation sites (tertiary alicyclic amines) is 2. The van der Waals surface area contributed by atoms with Gasteiger partial charge in [0.1, 0.15) is 5.82 Å². The Balaban J connectivity index is 1.38. The van der Waals surface area contributed by atoms with Crippen LogP contribution < -0.4 is 0 Å². The Labute approximate surface area is 164 Å². The molecule has 1 aromatic carbocycles. The standard InChI is InChI=1S/C22H25FN2O3/c23-18-6-4-17(5-7-18)19-10-14-28-21(19)22(27)24-12-8-16(9-13-24)15-25-11-2-1-3-20(25)26/h4-7,10,14,16H,1-3,8-9,11-13,15H2. The Bertz CT molecular complexity index is 838. The second-order valence-electron chi connectivity index (χ2n) is 7.70. The van der Waals surface area contributed by atoms with E-state index in [2.05, 4.69) is 0 Å². The summed E-state index contributed by atoms with van der Waals surface area (Å²) in [4.78, 5) is 28.8. The topological polar surface area (TPSA) is 53.8 Å². The smallest absolute Gasteiger partial charge is 0.290 e. The van der Waals surface area contributed by atoms with Crippen molar-refractivity contribution in [1.82, 2.24) is 9.80 Å². The van der Waals surface area contributed by atoms with Gasteiger partial charge < -0.3 is 14.2 Å². The molecule has 0 aliphatic carbocycles. The van der Waals surface area contributed by atoms with Crippen LogP contribution in [0.2, 0.25) is 0 Å². The predicted octanol–water partition coefficient (Wildman–Crippen LogP) is 3.95. The highest BCUT2D eigenvalue weighted by Crippen LogP contribution is 2.28. The second kappa shape index (κ2) is 8.17. The van der Waals surface area contributed by atoms with Gasteiger partial charge in [0, 0.05) is 38.2 Å². The number of carbonyl (C=O) groups is 2. The summed E-state index contributed by atoms with van der Waals surface area (Å²) in [6, 6.07) is 7.81. The van der Waals surface area contributed by atoms with Crippen LogP contribution in [-0.4, -0.2) is 47.8 Å². The minimum absolute atomic E-state index is 0.128. The molecule has 0 bridgehead atoms. The van der Waals surface area contributed by atoms with E-state index in [1.165, 1.54) is 18.4 Å². The summed E-state index contributed by atoms with van der Waals surface area (Å²) in [5, 5.41) is 0. The normalized spacial score (nSPS) is 18.5. The number of furan rings is 1. The molecule has 28 heavy (non-hydrogen) atoms. The third-order valence-electron chi connectivity index (χ3n) is 5.82. The molecule has 2 saturated heterocycles. The first-order chi connectivity index (χ1) is 13.6. The van der Waals surface area contributed by atoms with Crippen LogP contribution in [0.3, 0.4) is 0 Å². The fourth-order valence-electron chi connectivity index (χ4n) is 4.16. The Morgan fingerprint density at radius 1 is 1.07 bits per heavy atom. The van der Waals surface area contributed by atoms with Crippen LogP contribution in [0.5, 0.6) is 0 Å². The van der Waals surface area contributed by atoms with Crippen molar-refractivity contribution < 1.29 is 18.4 Å². The van der Waals surface area contributed by atoms with Crippen LogP contribution in [0.25, 0.3) is 11.1 Å².